The molecule has 0 aromatic carbocycles. The predicted molar refractivity (Wildman–Crippen MR) is 137 cm³/mol. The van der Waals surface area contributed by atoms with Crippen molar-refractivity contribution in [3.05, 3.63) is 12.2 Å². The average molecular weight is 538 g/mol. The van der Waals surface area contributed by atoms with Gasteiger partial charge in [-0.15, -0.1) is 0 Å². The van der Waals surface area contributed by atoms with Gasteiger partial charge in [0, 0.05) is 37.5 Å². The van der Waals surface area contributed by atoms with E-state index in [0.29, 0.717) is 48.5 Å². The SMILES string of the molecule is C[C@]12CC[C@H]3[C@@H](C/C(=N\O)C4CC(=NO[C@@H]5CCNC5)[C@H](F)C[C@@]43C)[C@@H]1CC[C@@H]2O.O=C(O)/C=C/C(=O)O. The van der Waals surface area contributed by atoms with Crippen LogP contribution in [0.15, 0.2) is 22.5 Å². The summed E-state index contributed by atoms with van der Waals surface area (Å²) in [6, 6.07) is 0. The molecule has 4 saturated carbocycles. The maximum absolute atomic E-state index is 15.4. The fourth-order valence-corrected chi connectivity index (χ4v) is 8.08. The molecule has 5 rings (SSSR count). The van der Waals surface area contributed by atoms with Crippen molar-refractivity contribution in [2.45, 2.75) is 83.6 Å². The quantitative estimate of drug-likeness (QED) is 0.207. The number of nitrogens with one attached hydrogen (secondary N) is 1. The zero-order valence-electron chi connectivity index (χ0n) is 22.1. The summed E-state index contributed by atoms with van der Waals surface area (Å²) >= 11 is 0. The molecule has 5 fully saturated rings. The molecular formula is C27H40FN3O7. The molecule has 0 radical (unpaired) electrons. The Morgan fingerprint density at radius 2 is 1.71 bits per heavy atom. The van der Waals surface area contributed by atoms with E-state index in [1.807, 2.05) is 0 Å². The molecule has 11 heteroatoms. The highest BCUT2D eigenvalue weighted by Gasteiger charge is 2.62. The highest BCUT2D eigenvalue weighted by molar-refractivity contribution is 5.97. The predicted octanol–water partition coefficient (Wildman–Crippen LogP) is 3.22. The van der Waals surface area contributed by atoms with Crippen molar-refractivity contribution >= 4 is 23.4 Å². The smallest absolute Gasteiger partial charge is 0.328 e. The number of fused-ring (bicyclic) bond motifs is 5. The van der Waals surface area contributed by atoms with E-state index in [-0.39, 0.29) is 29.0 Å². The minimum absolute atomic E-state index is 0.00971. The standard InChI is InChI=1S/C23H36FN3O3.C4H4O4/c1-22-7-5-16-14(15(22)3-4-21(22)28)9-19(26-29)17-10-20(18(24)11-23(16,17)2)27-30-13-6-8-25-12-13;5-3(6)1-2-4(7)8/h13-18,21,25,28-29H,3-12H2,1-2H3;1-2H,(H,5,6)(H,7,8)/b26-19+,27-20?;2-1+/t13-,14+,15+,16+,17?,18-,21+,22+,23-;/m1./s1. The molecule has 0 amide bonds. The molecule has 4 aliphatic carbocycles. The van der Waals surface area contributed by atoms with Gasteiger partial charge in [0.25, 0.3) is 0 Å². The van der Waals surface area contributed by atoms with Crippen LogP contribution in [0.2, 0.25) is 0 Å². The molecule has 0 bridgehead atoms. The molecule has 9 atom stereocenters. The van der Waals surface area contributed by atoms with E-state index in [1.54, 1.807) is 0 Å². The van der Waals surface area contributed by atoms with Crippen LogP contribution in [-0.4, -0.2) is 75.4 Å². The van der Waals surface area contributed by atoms with Crippen LogP contribution in [0.3, 0.4) is 0 Å². The molecular weight excluding hydrogens is 497 g/mol. The number of carboxylic acid groups (broad SMARTS) is 2. The van der Waals surface area contributed by atoms with Crippen LogP contribution in [0.25, 0.3) is 0 Å². The molecule has 1 saturated heterocycles. The normalized spacial score (nSPS) is 44.2. The second kappa shape index (κ2) is 11.3. The first-order valence-electron chi connectivity index (χ1n) is 13.6. The van der Waals surface area contributed by atoms with E-state index in [1.165, 1.54) is 0 Å². The van der Waals surface area contributed by atoms with Crippen LogP contribution < -0.4 is 5.32 Å². The van der Waals surface area contributed by atoms with Crippen molar-refractivity contribution in [1.82, 2.24) is 5.32 Å². The molecule has 0 aromatic rings. The monoisotopic (exact) mass is 537 g/mol. The Hall–Kier alpha value is -2.53. The fraction of sp³-hybridized carbons (Fsp3) is 0.778. The number of alkyl halides is 1. The van der Waals surface area contributed by atoms with Gasteiger partial charge in [0.2, 0.25) is 0 Å². The third-order valence-corrected chi connectivity index (χ3v) is 10.1. The minimum Gasteiger partial charge on any atom is -0.478 e. The summed E-state index contributed by atoms with van der Waals surface area (Å²) in [6.07, 6.45) is 6.22. The number of carbonyl (C=O) groups is 2. The van der Waals surface area contributed by atoms with E-state index < -0.39 is 18.1 Å². The van der Waals surface area contributed by atoms with Gasteiger partial charge in [0.15, 0.2) is 0 Å². The summed E-state index contributed by atoms with van der Waals surface area (Å²) in [5.41, 5.74) is 0.976. The van der Waals surface area contributed by atoms with Gasteiger partial charge >= 0.3 is 11.9 Å². The van der Waals surface area contributed by atoms with E-state index in [4.69, 9.17) is 15.1 Å². The Kier molecular flexibility index (Phi) is 8.46. The van der Waals surface area contributed by atoms with Crippen LogP contribution in [-0.2, 0) is 14.4 Å². The van der Waals surface area contributed by atoms with Crippen LogP contribution in [0.1, 0.15) is 65.2 Å². The Morgan fingerprint density at radius 1 is 1.03 bits per heavy atom. The second-order valence-electron chi connectivity index (χ2n) is 12.1. The van der Waals surface area contributed by atoms with Gasteiger partial charge in [-0.25, -0.2) is 14.0 Å². The molecule has 1 unspecified atom stereocenters. The van der Waals surface area contributed by atoms with Crippen LogP contribution in [0.5, 0.6) is 0 Å². The number of rotatable bonds is 4. The number of aliphatic hydroxyl groups excluding tert-OH is 1. The molecule has 5 aliphatic rings. The first-order valence-corrected chi connectivity index (χ1v) is 13.6. The van der Waals surface area contributed by atoms with Gasteiger partial charge in [-0.3, -0.25) is 0 Å². The highest BCUT2D eigenvalue weighted by atomic mass is 19.1. The molecule has 0 spiro atoms. The summed E-state index contributed by atoms with van der Waals surface area (Å²) in [5.74, 6) is -1.32. The second-order valence-corrected chi connectivity index (χ2v) is 12.1. The van der Waals surface area contributed by atoms with E-state index in [0.717, 1.165) is 57.3 Å². The van der Waals surface area contributed by atoms with Gasteiger partial charge in [0.05, 0.1) is 17.5 Å². The number of nitrogens with zero attached hydrogens (tertiary/aromatic N) is 2. The van der Waals surface area contributed by atoms with Gasteiger partial charge in [-0.2, -0.15) is 0 Å². The van der Waals surface area contributed by atoms with Gasteiger partial charge in [-0.05, 0) is 73.7 Å². The third-order valence-electron chi connectivity index (χ3n) is 10.1. The van der Waals surface area contributed by atoms with Crippen LogP contribution in [0, 0.1) is 34.5 Å². The van der Waals surface area contributed by atoms with Crippen LogP contribution in [0.4, 0.5) is 4.39 Å². The van der Waals surface area contributed by atoms with Crippen molar-refractivity contribution in [1.29, 1.82) is 0 Å². The van der Waals surface area contributed by atoms with E-state index in [2.05, 4.69) is 29.5 Å². The van der Waals surface area contributed by atoms with Crippen molar-refractivity contribution < 1.29 is 39.3 Å². The Bertz CT molecular complexity index is 981. The zero-order valence-corrected chi connectivity index (χ0v) is 22.1. The number of carboxylic acids is 2. The Morgan fingerprint density at radius 3 is 2.32 bits per heavy atom. The first kappa shape index (κ1) is 28.5. The summed E-state index contributed by atoms with van der Waals surface area (Å²) in [7, 11) is 0. The molecule has 1 heterocycles. The first-order chi connectivity index (χ1) is 18.0. The molecule has 10 nitrogen and oxygen atoms in total. The minimum atomic E-state index is -1.26. The Balaban J connectivity index is 0.000000368. The maximum atomic E-state index is 15.4. The maximum Gasteiger partial charge on any atom is 0.328 e. The largest absolute Gasteiger partial charge is 0.478 e. The van der Waals surface area contributed by atoms with Crippen molar-refractivity contribution in [3.8, 4) is 0 Å². The third kappa shape index (κ3) is 5.45. The van der Waals surface area contributed by atoms with Crippen LogP contribution >= 0.6 is 0 Å². The van der Waals surface area contributed by atoms with Crippen molar-refractivity contribution in [2.75, 3.05) is 13.1 Å². The fourth-order valence-electron chi connectivity index (χ4n) is 8.08. The number of hydrogen-bond acceptors (Lipinski definition) is 8. The molecule has 212 valence electrons. The highest BCUT2D eigenvalue weighted by Crippen LogP contribution is 2.65. The molecule has 38 heavy (non-hydrogen) atoms. The number of aliphatic carboxylic acids is 2. The molecule has 0 aromatic heterocycles. The van der Waals surface area contributed by atoms with Crippen molar-refractivity contribution in [3.63, 3.8) is 0 Å². The van der Waals surface area contributed by atoms with E-state index >= 15 is 4.39 Å². The lowest BCUT2D eigenvalue weighted by molar-refractivity contribution is -0.134. The van der Waals surface area contributed by atoms with Gasteiger partial charge in [0.1, 0.15) is 12.3 Å². The van der Waals surface area contributed by atoms with Crippen molar-refractivity contribution in [2.24, 2.45) is 44.8 Å². The lowest BCUT2D eigenvalue weighted by Crippen LogP contribution is -2.58. The summed E-state index contributed by atoms with van der Waals surface area (Å²) in [5, 5.41) is 47.4. The molecule has 5 N–H and O–H groups in total. The zero-order chi connectivity index (χ0) is 27.7. The number of oxime groups is 2. The van der Waals surface area contributed by atoms with E-state index in [9.17, 15) is 19.9 Å². The Labute approximate surface area is 222 Å². The van der Waals surface area contributed by atoms with Gasteiger partial charge in [-0.1, -0.05) is 24.2 Å². The topological polar surface area (TPSA) is 161 Å². The molecule has 1 aliphatic heterocycles. The number of halogens is 1. The number of hydrogen-bond donors (Lipinski definition) is 5. The lowest BCUT2D eigenvalue weighted by atomic mass is 9.44. The lowest BCUT2D eigenvalue weighted by Gasteiger charge is -2.60. The summed E-state index contributed by atoms with van der Waals surface area (Å²) in [4.78, 5) is 24.7. The average Bonchev–Trinajstić information content (AvgIpc) is 3.49. The number of aliphatic hydroxyl groups is 1. The summed E-state index contributed by atoms with van der Waals surface area (Å²) < 4.78 is 15.4. The van der Waals surface area contributed by atoms with Gasteiger partial charge < -0.3 is 30.7 Å². The summed E-state index contributed by atoms with van der Waals surface area (Å²) in [6.45, 7) is 6.11.